The van der Waals surface area contributed by atoms with Crippen molar-refractivity contribution >= 4 is 17.6 Å². The maximum absolute atomic E-state index is 12.2. The van der Waals surface area contributed by atoms with Crippen LogP contribution in [-0.4, -0.2) is 17.0 Å². The van der Waals surface area contributed by atoms with Gasteiger partial charge in [-0.25, -0.2) is 0 Å². The highest BCUT2D eigenvalue weighted by atomic mass is 16.4. The van der Waals surface area contributed by atoms with E-state index >= 15 is 0 Å². The van der Waals surface area contributed by atoms with Crippen LogP contribution < -0.4 is 5.32 Å². The zero-order valence-corrected chi connectivity index (χ0v) is 14.4. The van der Waals surface area contributed by atoms with Crippen LogP contribution in [0.5, 0.6) is 0 Å². The number of carboxylic acids is 1. The molecule has 4 nitrogen and oxygen atoms in total. The molecule has 130 valence electrons. The lowest BCUT2D eigenvalue weighted by atomic mass is 10.0. The number of rotatable bonds is 6. The van der Waals surface area contributed by atoms with Gasteiger partial charge in [-0.15, -0.1) is 0 Å². The van der Waals surface area contributed by atoms with E-state index in [1.165, 1.54) is 17.5 Å². The SMILES string of the molecule is CC(Cc1ccc(NC(=O)Cc2ccc3c(c2)CCC3)cc1)C(=O)O. The van der Waals surface area contributed by atoms with Gasteiger partial charge >= 0.3 is 5.97 Å². The summed E-state index contributed by atoms with van der Waals surface area (Å²) in [5, 5.41) is 11.9. The van der Waals surface area contributed by atoms with E-state index in [0.29, 0.717) is 12.8 Å². The number of aryl methyl sites for hydroxylation is 2. The summed E-state index contributed by atoms with van der Waals surface area (Å²) in [7, 11) is 0. The second-order valence-corrected chi connectivity index (χ2v) is 6.82. The molecule has 2 aromatic carbocycles. The molecule has 2 N–H and O–H groups in total. The van der Waals surface area contributed by atoms with E-state index in [9.17, 15) is 9.59 Å². The Hall–Kier alpha value is -2.62. The first-order valence-corrected chi connectivity index (χ1v) is 8.73. The predicted molar refractivity (Wildman–Crippen MR) is 97.7 cm³/mol. The summed E-state index contributed by atoms with van der Waals surface area (Å²) in [6, 6.07) is 13.7. The van der Waals surface area contributed by atoms with Gasteiger partial charge < -0.3 is 10.4 Å². The van der Waals surface area contributed by atoms with Gasteiger partial charge in [-0.3, -0.25) is 9.59 Å². The number of benzene rings is 2. The summed E-state index contributed by atoms with van der Waals surface area (Å²) in [6.45, 7) is 1.69. The van der Waals surface area contributed by atoms with Gasteiger partial charge in [-0.2, -0.15) is 0 Å². The monoisotopic (exact) mass is 337 g/mol. The molecule has 1 unspecified atom stereocenters. The van der Waals surface area contributed by atoms with Crippen LogP contribution in [0.4, 0.5) is 5.69 Å². The first-order valence-electron chi connectivity index (χ1n) is 8.73. The number of fused-ring (bicyclic) bond motifs is 1. The Morgan fingerprint density at radius 2 is 1.72 bits per heavy atom. The lowest BCUT2D eigenvalue weighted by Crippen LogP contribution is -2.15. The fourth-order valence-corrected chi connectivity index (χ4v) is 3.29. The Kier molecular flexibility index (Phi) is 5.17. The number of anilines is 1. The highest BCUT2D eigenvalue weighted by molar-refractivity contribution is 5.92. The topological polar surface area (TPSA) is 66.4 Å². The minimum Gasteiger partial charge on any atom is -0.481 e. The van der Waals surface area contributed by atoms with Crippen LogP contribution in [0, 0.1) is 5.92 Å². The van der Waals surface area contributed by atoms with Crippen LogP contribution >= 0.6 is 0 Å². The number of nitrogens with one attached hydrogen (secondary N) is 1. The Balaban J connectivity index is 1.56. The third-order valence-electron chi connectivity index (χ3n) is 4.73. The molecule has 0 saturated carbocycles. The van der Waals surface area contributed by atoms with Crippen LogP contribution in [0.2, 0.25) is 0 Å². The van der Waals surface area contributed by atoms with Gasteiger partial charge in [0.15, 0.2) is 0 Å². The Labute approximate surface area is 147 Å². The second-order valence-electron chi connectivity index (χ2n) is 6.82. The van der Waals surface area contributed by atoms with E-state index in [1.807, 2.05) is 30.3 Å². The first kappa shape index (κ1) is 17.2. The maximum atomic E-state index is 12.2. The van der Waals surface area contributed by atoms with Crippen molar-refractivity contribution in [1.29, 1.82) is 0 Å². The van der Waals surface area contributed by atoms with Crippen molar-refractivity contribution in [3.63, 3.8) is 0 Å². The molecule has 0 saturated heterocycles. The Bertz CT molecular complexity index is 780. The Morgan fingerprint density at radius 1 is 1.04 bits per heavy atom. The van der Waals surface area contributed by atoms with E-state index in [0.717, 1.165) is 29.7 Å². The molecule has 1 atom stereocenters. The van der Waals surface area contributed by atoms with Crippen molar-refractivity contribution in [2.45, 2.75) is 39.0 Å². The lowest BCUT2D eigenvalue weighted by molar-refractivity contribution is -0.141. The van der Waals surface area contributed by atoms with Crippen LogP contribution in [0.25, 0.3) is 0 Å². The summed E-state index contributed by atoms with van der Waals surface area (Å²) in [5.41, 5.74) is 5.52. The molecule has 0 fully saturated rings. The molecule has 3 rings (SSSR count). The van der Waals surface area contributed by atoms with E-state index < -0.39 is 11.9 Å². The normalized spacial score (nSPS) is 14.0. The maximum Gasteiger partial charge on any atom is 0.306 e. The molecule has 0 heterocycles. The highest BCUT2D eigenvalue weighted by Gasteiger charge is 2.13. The zero-order valence-electron chi connectivity index (χ0n) is 14.4. The van der Waals surface area contributed by atoms with Gasteiger partial charge in [0, 0.05) is 5.69 Å². The highest BCUT2D eigenvalue weighted by Crippen LogP contribution is 2.23. The van der Waals surface area contributed by atoms with E-state index in [4.69, 9.17) is 5.11 Å². The van der Waals surface area contributed by atoms with E-state index in [2.05, 4.69) is 17.4 Å². The van der Waals surface area contributed by atoms with Crippen molar-refractivity contribution < 1.29 is 14.7 Å². The summed E-state index contributed by atoms with van der Waals surface area (Å²) < 4.78 is 0. The smallest absolute Gasteiger partial charge is 0.306 e. The largest absolute Gasteiger partial charge is 0.481 e. The molecule has 0 aliphatic heterocycles. The van der Waals surface area contributed by atoms with Crippen LogP contribution in [0.1, 0.15) is 35.6 Å². The molecule has 0 spiro atoms. The number of carbonyl (C=O) groups is 2. The molecule has 0 bridgehead atoms. The standard InChI is InChI=1S/C21H23NO3/c1-14(21(24)25)11-15-6-9-19(10-7-15)22-20(23)13-16-5-8-17-3-2-4-18(17)12-16/h5-10,12,14H,2-4,11,13H2,1H3,(H,22,23)(H,24,25). The van der Waals surface area contributed by atoms with E-state index in [1.54, 1.807) is 6.92 Å². The van der Waals surface area contributed by atoms with Gasteiger partial charge in [-0.1, -0.05) is 37.3 Å². The van der Waals surface area contributed by atoms with Gasteiger partial charge in [0.1, 0.15) is 0 Å². The van der Waals surface area contributed by atoms with E-state index in [-0.39, 0.29) is 5.91 Å². The molecule has 0 aromatic heterocycles. The number of hydrogen-bond donors (Lipinski definition) is 2. The first-order chi connectivity index (χ1) is 12.0. The number of hydrogen-bond acceptors (Lipinski definition) is 2. The third-order valence-corrected chi connectivity index (χ3v) is 4.73. The summed E-state index contributed by atoms with van der Waals surface area (Å²) in [6.07, 6.45) is 4.32. The summed E-state index contributed by atoms with van der Waals surface area (Å²) >= 11 is 0. The Morgan fingerprint density at radius 3 is 2.44 bits per heavy atom. The van der Waals surface area contributed by atoms with Crippen LogP contribution in [0.3, 0.4) is 0 Å². The lowest BCUT2D eigenvalue weighted by Gasteiger charge is -2.09. The molecule has 1 aliphatic carbocycles. The molecular weight excluding hydrogens is 314 g/mol. The fraction of sp³-hybridized carbons (Fsp3) is 0.333. The van der Waals surface area contributed by atoms with Gasteiger partial charge in [0.25, 0.3) is 0 Å². The molecule has 1 aliphatic rings. The third kappa shape index (κ3) is 4.47. The van der Waals surface area contributed by atoms with Gasteiger partial charge in [0.2, 0.25) is 5.91 Å². The molecule has 25 heavy (non-hydrogen) atoms. The summed E-state index contributed by atoms with van der Waals surface area (Å²) in [5.74, 6) is -1.25. The molecule has 1 amide bonds. The number of aliphatic carboxylic acids is 1. The number of amides is 1. The molecule has 0 radical (unpaired) electrons. The van der Waals surface area contributed by atoms with Crippen molar-refractivity contribution in [2.24, 2.45) is 5.92 Å². The van der Waals surface area contributed by atoms with Crippen molar-refractivity contribution in [2.75, 3.05) is 5.32 Å². The summed E-state index contributed by atoms with van der Waals surface area (Å²) in [4.78, 5) is 23.1. The second kappa shape index (κ2) is 7.51. The quantitative estimate of drug-likeness (QED) is 0.846. The minimum absolute atomic E-state index is 0.0374. The average Bonchev–Trinajstić information content (AvgIpc) is 3.04. The molecular formula is C21H23NO3. The molecule has 2 aromatic rings. The number of carbonyl (C=O) groups excluding carboxylic acids is 1. The average molecular weight is 337 g/mol. The van der Waals surface area contributed by atoms with Crippen LogP contribution in [0.15, 0.2) is 42.5 Å². The number of carboxylic acid groups (broad SMARTS) is 1. The predicted octanol–water partition coefficient (Wildman–Crippen LogP) is 3.62. The van der Waals surface area contributed by atoms with Gasteiger partial charge in [0.05, 0.1) is 12.3 Å². The van der Waals surface area contributed by atoms with Crippen LogP contribution in [-0.2, 0) is 35.3 Å². The van der Waals surface area contributed by atoms with Crippen molar-refractivity contribution in [3.8, 4) is 0 Å². The fourth-order valence-electron chi connectivity index (χ4n) is 3.29. The van der Waals surface area contributed by atoms with Gasteiger partial charge in [-0.05, 0) is 60.1 Å². The zero-order chi connectivity index (χ0) is 17.8. The van der Waals surface area contributed by atoms with Crippen molar-refractivity contribution in [3.05, 3.63) is 64.7 Å². The molecule has 4 heteroatoms. The minimum atomic E-state index is -0.799. The van der Waals surface area contributed by atoms with Crippen molar-refractivity contribution in [1.82, 2.24) is 0 Å².